The maximum Gasteiger partial charge on any atom is 0.111 e. The molecule has 0 aliphatic carbocycles. The molecule has 0 N–H and O–H groups in total. The molecular formula is C15H24O2. The van der Waals surface area contributed by atoms with Crippen LogP contribution in [0.4, 0.5) is 0 Å². The fourth-order valence-electron chi connectivity index (χ4n) is 2.66. The molecule has 0 radical (unpaired) electrons. The van der Waals surface area contributed by atoms with Crippen molar-refractivity contribution in [2.75, 3.05) is 6.61 Å². The second-order valence-corrected chi connectivity index (χ2v) is 6.04. The number of allylic oxidation sites excluding steroid dienone is 1. The van der Waals surface area contributed by atoms with E-state index in [9.17, 15) is 0 Å². The lowest BCUT2D eigenvalue weighted by Gasteiger charge is -2.27. The number of ether oxygens (including phenoxy) is 2. The molecule has 0 aromatic heterocycles. The largest absolute Gasteiger partial charge is 0.371 e. The van der Waals surface area contributed by atoms with E-state index >= 15 is 0 Å². The van der Waals surface area contributed by atoms with E-state index in [4.69, 9.17) is 9.47 Å². The summed E-state index contributed by atoms with van der Waals surface area (Å²) in [6.07, 6.45) is 7.71. The smallest absolute Gasteiger partial charge is 0.111 e. The van der Waals surface area contributed by atoms with E-state index in [1.165, 1.54) is 5.57 Å². The Balaban J connectivity index is 2.03. The first-order valence-electron chi connectivity index (χ1n) is 6.53. The standard InChI is InChI=1S/C15H24O2/c1-11(2)6-9-16-13-10-15(12(3)4)8-7-14(13,5)17-15/h6-8,12-13H,9-10H2,1-5H3/t13-,14+,15-/m1/s1. The molecule has 0 aromatic rings. The van der Waals surface area contributed by atoms with Crippen LogP contribution in [0.3, 0.4) is 0 Å². The van der Waals surface area contributed by atoms with Crippen molar-refractivity contribution < 1.29 is 9.47 Å². The van der Waals surface area contributed by atoms with Gasteiger partial charge >= 0.3 is 0 Å². The molecule has 96 valence electrons. The third-order valence-corrected chi connectivity index (χ3v) is 4.02. The molecular weight excluding hydrogens is 212 g/mol. The highest BCUT2D eigenvalue weighted by Crippen LogP contribution is 2.50. The first-order valence-corrected chi connectivity index (χ1v) is 6.53. The minimum atomic E-state index is -0.222. The number of rotatable bonds is 4. The van der Waals surface area contributed by atoms with Crippen LogP contribution in [0, 0.1) is 5.92 Å². The molecule has 2 heterocycles. The highest BCUT2D eigenvalue weighted by atomic mass is 16.6. The third kappa shape index (κ3) is 2.21. The maximum atomic E-state index is 6.22. The maximum absolute atomic E-state index is 6.22. The minimum absolute atomic E-state index is 0.0929. The van der Waals surface area contributed by atoms with Crippen molar-refractivity contribution in [1.82, 2.24) is 0 Å². The van der Waals surface area contributed by atoms with Crippen molar-refractivity contribution >= 4 is 0 Å². The van der Waals surface area contributed by atoms with Gasteiger partial charge in [0.25, 0.3) is 0 Å². The van der Waals surface area contributed by atoms with Crippen LogP contribution in [0.1, 0.15) is 41.0 Å². The molecule has 2 bridgehead atoms. The zero-order valence-corrected chi connectivity index (χ0v) is 11.6. The second kappa shape index (κ2) is 4.25. The van der Waals surface area contributed by atoms with E-state index in [1.807, 2.05) is 0 Å². The van der Waals surface area contributed by atoms with E-state index in [-0.39, 0.29) is 17.3 Å². The summed E-state index contributed by atoms with van der Waals surface area (Å²) in [7, 11) is 0. The van der Waals surface area contributed by atoms with Crippen molar-refractivity contribution in [1.29, 1.82) is 0 Å². The second-order valence-electron chi connectivity index (χ2n) is 6.04. The van der Waals surface area contributed by atoms with Crippen LogP contribution in [0.5, 0.6) is 0 Å². The zero-order chi connectivity index (χ0) is 12.7. The Hall–Kier alpha value is -0.600. The fourth-order valence-corrected chi connectivity index (χ4v) is 2.66. The van der Waals surface area contributed by atoms with Crippen LogP contribution in [-0.4, -0.2) is 23.9 Å². The average molecular weight is 236 g/mol. The summed E-state index contributed by atoms with van der Waals surface area (Å²) < 4.78 is 12.2. The van der Waals surface area contributed by atoms with Crippen LogP contribution in [-0.2, 0) is 9.47 Å². The predicted octanol–water partition coefficient (Wildman–Crippen LogP) is 3.48. The van der Waals surface area contributed by atoms with Crippen molar-refractivity contribution in [3.63, 3.8) is 0 Å². The van der Waals surface area contributed by atoms with Crippen LogP contribution in [0.25, 0.3) is 0 Å². The molecule has 0 unspecified atom stereocenters. The highest BCUT2D eigenvalue weighted by molar-refractivity contribution is 5.27. The normalized spacial score (nSPS) is 39.1. The first kappa shape index (κ1) is 12.8. The van der Waals surface area contributed by atoms with E-state index in [0.29, 0.717) is 12.5 Å². The summed E-state index contributed by atoms with van der Waals surface area (Å²) in [6.45, 7) is 11.4. The minimum Gasteiger partial charge on any atom is -0.371 e. The first-order chi connectivity index (χ1) is 7.88. The molecule has 2 aliphatic rings. The topological polar surface area (TPSA) is 18.5 Å². The van der Waals surface area contributed by atoms with Gasteiger partial charge in [-0.1, -0.05) is 37.6 Å². The summed E-state index contributed by atoms with van der Waals surface area (Å²) in [4.78, 5) is 0. The van der Waals surface area contributed by atoms with Gasteiger partial charge in [-0.15, -0.1) is 0 Å². The fraction of sp³-hybridized carbons (Fsp3) is 0.733. The molecule has 1 fully saturated rings. The van der Waals surface area contributed by atoms with Crippen LogP contribution >= 0.6 is 0 Å². The zero-order valence-electron chi connectivity index (χ0n) is 11.6. The van der Waals surface area contributed by atoms with E-state index in [1.54, 1.807) is 0 Å². The lowest BCUT2D eigenvalue weighted by molar-refractivity contribution is -0.0756. The molecule has 17 heavy (non-hydrogen) atoms. The van der Waals surface area contributed by atoms with Gasteiger partial charge < -0.3 is 9.47 Å². The Bertz CT molecular complexity index is 352. The number of hydrogen-bond donors (Lipinski definition) is 0. The van der Waals surface area contributed by atoms with Gasteiger partial charge in [-0.3, -0.25) is 0 Å². The quantitative estimate of drug-likeness (QED) is 0.696. The van der Waals surface area contributed by atoms with Crippen LogP contribution < -0.4 is 0 Å². The van der Waals surface area contributed by atoms with Crippen molar-refractivity contribution in [2.24, 2.45) is 5.92 Å². The van der Waals surface area contributed by atoms with E-state index < -0.39 is 0 Å². The van der Waals surface area contributed by atoms with Gasteiger partial charge in [0, 0.05) is 6.42 Å². The summed E-state index contributed by atoms with van der Waals surface area (Å²) in [5, 5.41) is 0. The molecule has 0 aromatic carbocycles. The van der Waals surface area contributed by atoms with Gasteiger partial charge in [-0.05, 0) is 26.7 Å². The molecule has 0 amide bonds. The molecule has 0 saturated carbocycles. The van der Waals surface area contributed by atoms with Crippen molar-refractivity contribution in [3.05, 3.63) is 23.8 Å². The lowest BCUT2D eigenvalue weighted by Crippen LogP contribution is -2.35. The van der Waals surface area contributed by atoms with Crippen LogP contribution in [0.15, 0.2) is 23.8 Å². The number of fused-ring (bicyclic) bond motifs is 2. The monoisotopic (exact) mass is 236 g/mol. The van der Waals surface area contributed by atoms with Gasteiger partial charge in [0.1, 0.15) is 5.60 Å². The summed E-state index contributed by atoms with van der Waals surface area (Å²) >= 11 is 0. The Morgan fingerprint density at radius 1 is 1.47 bits per heavy atom. The van der Waals surface area contributed by atoms with Gasteiger partial charge in [0.2, 0.25) is 0 Å². The average Bonchev–Trinajstić information content (AvgIpc) is 2.70. The van der Waals surface area contributed by atoms with Crippen LogP contribution in [0.2, 0.25) is 0 Å². The van der Waals surface area contributed by atoms with Gasteiger partial charge in [-0.2, -0.15) is 0 Å². The Labute approximate surface area is 105 Å². The predicted molar refractivity (Wildman–Crippen MR) is 70.0 cm³/mol. The van der Waals surface area contributed by atoms with E-state index in [0.717, 1.165) is 6.42 Å². The molecule has 2 rings (SSSR count). The molecule has 2 heteroatoms. The molecule has 0 spiro atoms. The Morgan fingerprint density at radius 2 is 2.18 bits per heavy atom. The van der Waals surface area contributed by atoms with E-state index in [2.05, 4.69) is 52.8 Å². The number of hydrogen-bond acceptors (Lipinski definition) is 2. The molecule has 1 saturated heterocycles. The summed E-state index contributed by atoms with van der Waals surface area (Å²) in [5.74, 6) is 0.498. The molecule has 2 nitrogen and oxygen atoms in total. The Kier molecular flexibility index (Phi) is 3.21. The summed E-state index contributed by atoms with van der Waals surface area (Å²) in [6, 6.07) is 0. The van der Waals surface area contributed by atoms with Gasteiger partial charge in [-0.25, -0.2) is 0 Å². The van der Waals surface area contributed by atoms with Crippen molar-refractivity contribution in [2.45, 2.75) is 58.3 Å². The van der Waals surface area contributed by atoms with Crippen molar-refractivity contribution in [3.8, 4) is 0 Å². The van der Waals surface area contributed by atoms with Gasteiger partial charge in [0.15, 0.2) is 0 Å². The highest BCUT2D eigenvalue weighted by Gasteiger charge is 2.57. The summed E-state index contributed by atoms with van der Waals surface area (Å²) in [5.41, 5.74) is 0.984. The SMILES string of the molecule is CC(C)=CCO[C@@H]1C[C@@]2(C(C)C)C=C[C@]1(C)O2. The molecule has 2 aliphatic heterocycles. The Morgan fingerprint density at radius 3 is 2.71 bits per heavy atom. The van der Waals surface area contributed by atoms with Gasteiger partial charge in [0.05, 0.1) is 18.3 Å². The molecule has 3 atom stereocenters. The third-order valence-electron chi connectivity index (χ3n) is 4.02. The lowest BCUT2D eigenvalue weighted by atomic mass is 9.81.